The summed E-state index contributed by atoms with van der Waals surface area (Å²) in [7, 11) is 1.53. The predicted molar refractivity (Wildman–Crippen MR) is 117 cm³/mol. The van der Waals surface area contributed by atoms with E-state index in [1.54, 1.807) is 42.5 Å². The number of halogens is 2. The van der Waals surface area contributed by atoms with Crippen LogP contribution in [0.5, 0.6) is 5.75 Å². The highest BCUT2D eigenvalue weighted by Crippen LogP contribution is 2.26. The van der Waals surface area contributed by atoms with Gasteiger partial charge in [-0.15, -0.1) is 30.4 Å². The van der Waals surface area contributed by atoms with Gasteiger partial charge in [-0.05, 0) is 36.4 Å². The number of carbonyl (C=O) groups excluding carboxylic acids is 1. The largest absolute Gasteiger partial charge is 0.495 e. The minimum Gasteiger partial charge on any atom is -0.495 e. The van der Waals surface area contributed by atoms with Gasteiger partial charge in [-0.3, -0.25) is 4.79 Å². The number of terminal acetylenes is 1. The molecule has 2 rings (SSSR count). The van der Waals surface area contributed by atoms with Gasteiger partial charge in [0.05, 0.1) is 12.1 Å². The fourth-order valence-electron chi connectivity index (χ4n) is 1.98. The van der Waals surface area contributed by atoms with E-state index in [2.05, 4.69) is 21.5 Å². The second-order valence-electron chi connectivity index (χ2n) is 4.95. The maximum Gasteiger partial charge on any atom is 0.246 e. The number of aliphatic imine (C=N–C) groups is 1. The van der Waals surface area contributed by atoms with Crippen molar-refractivity contribution in [2.75, 3.05) is 24.3 Å². The van der Waals surface area contributed by atoms with Gasteiger partial charge in [0.25, 0.3) is 0 Å². The molecule has 0 heterocycles. The number of hydrogen-bond donors (Lipinski definition) is 3. The summed E-state index contributed by atoms with van der Waals surface area (Å²) in [6.45, 7) is -0.136. The van der Waals surface area contributed by atoms with E-state index in [9.17, 15) is 4.79 Å². The van der Waals surface area contributed by atoms with Crippen molar-refractivity contribution in [3.63, 3.8) is 0 Å². The molecule has 6 nitrogen and oxygen atoms in total. The number of rotatable bonds is 5. The van der Waals surface area contributed by atoms with E-state index < -0.39 is 0 Å². The van der Waals surface area contributed by atoms with Crippen molar-refractivity contribution in [2.45, 2.75) is 0 Å². The summed E-state index contributed by atoms with van der Waals surface area (Å²) in [6, 6.07) is 12.1. The third kappa shape index (κ3) is 6.46. The van der Waals surface area contributed by atoms with E-state index in [0.717, 1.165) is 0 Å². The predicted octanol–water partition coefficient (Wildman–Crippen LogP) is 3.31. The van der Waals surface area contributed by atoms with Gasteiger partial charge in [-0.2, -0.15) is 0 Å². The van der Waals surface area contributed by atoms with Crippen molar-refractivity contribution >= 4 is 58.8 Å². The van der Waals surface area contributed by atoms with Crippen LogP contribution in [0.2, 0.25) is 5.02 Å². The fraction of sp³-hybridized carbons (Fsp3) is 0.111. The molecule has 1 amide bonds. The number of anilines is 2. The monoisotopic (exact) mass is 484 g/mol. The summed E-state index contributed by atoms with van der Waals surface area (Å²) in [5.41, 5.74) is 7.69. The van der Waals surface area contributed by atoms with Crippen LogP contribution < -0.4 is 21.1 Å². The first-order chi connectivity index (χ1) is 12.0. The van der Waals surface area contributed by atoms with E-state index in [1.807, 2.05) is 0 Å². The van der Waals surface area contributed by atoms with Crippen LogP contribution in [-0.2, 0) is 4.79 Å². The Balaban J connectivity index is 0.00000338. The molecule has 136 valence electrons. The molecule has 0 atom stereocenters. The molecule has 0 fully saturated rings. The first-order valence-corrected chi connectivity index (χ1v) is 7.66. The van der Waals surface area contributed by atoms with Crippen LogP contribution in [0.3, 0.4) is 0 Å². The number of nitrogens with zero attached hydrogens (tertiary/aromatic N) is 1. The number of ether oxygens (including phenoxy) is 1. The highest BCUT2D eigenvalue weighted by Gasteiger charge is 2.04. The smallest absolute Gasteiger partial charge is 0.246 e. The maximum atomic E-state index is 11.9. The average Bonchev–Trinajstić information content (AvgIpc) is 2.60. The van der Waals surface area contributed by atoms with Crippen molar-refractivity contribution < 1.29 is 9.53 Å². The molecule has 26 heavy (non-hydrogen) atoms. The zero-order chi connectivity index (χ0) is 18.2. The number of guanidine groups is 1. The molecule has 0 spiro atoms. The van der Waals surface area contributed by atoms with E-state index in [-0.39, 0.29) is 42.4 Å². The molecule has 0 aliphatic heterocycles. The van der Waals surface area contributed by atoms with Gasteiger partial charge in [0.15, 0.2) is 5.96 Å². The standard InChI is InChI=1S/C18H17ClN4O2.HI/c1-3-12-5-4-6-13(9-12)22-17(24)11-21-18(20)23-14-7-8-16(25-2)15(19)10-14;/h1,4-10H,11H2,2H3,(H,22,24)(H3,20,21,23);1H. The van der Waals surface area contributed by atoms with Gasteiger partial charge in [0.1, 0.15) is 12.3 Å². The normalized spacial score (nSPS) is 10.3. The Labute approximate surface area is 174 Å². The first kappa shape index (κ1) is 21.6. The number of hydrogen-bond acceptors (Lipinski definition) is 3. The molecule has 0 aromatic heterocycles. The second kappa shape index (κ2) is 10.5. The van der Waals surface area contributed by atoms with Crippen molar-refractivity contribution in [2.24, 2.45) is 10.7 Å². The molecule has 4 N–H and O–H groups in total. The topological polar surface area (TPSA) is 88.7 Å². The molecular formula is C18H18ClIN4O2. The molecule has 8 heteroatoms. The molecule has 0 unspecified atom stereocenters. The summed E-state index contributed by atoms with van der Waals surface area (Å²) >= 11 is 6.03. The van der Waals surface area contributed by atoms with E-state index in [1.165, 1.54) is 7.11 Å². The van der Waals surface area contributed by atoms with E-state index in [0.29, 0.717) is 27.7 Å². The molecule has 0 aliphatic rings. The lowest BCUT2D eigenvalue weighted by Crippen LogP contribution is -2.25. The summed E-state index contributed by atoms with van der Waals surface area (Å²) in [5.74, 6) is 2.83. The third-order valence-corrected chi connectivity index (χ3v) is 3.43. The Morgan fingerprint density at radius 1 is 1.27 bits per heavy atom. The summed E-state index contributed by atoms with van der Waals surface area (Å²) in [5, 5.41) is 5.99. The van der Waals surface area contributed by atoms with Crippen LogP contribution in [0.25, 0.3) is 0 Å². The van der Waals surface area contributed by atoms with Gasteiger partial charge < -0.3 is 21.1 Å². The van der Waals surface area contributed by atoms with Gasteiger partial charge in [0, 0.05) is 16.9 Å². The third-order valence-electron chi connectivity index (χ3n) is 3.13. The number of benzene rings is 2. The van der Waals surface area contributed by atoms with Gasteiger partial charge >= 0.3 is 0 Å². The van der Waals surface area contributed by atoms with Crippen molar-refractivity contribution in [1.29, 1.82) is 0 Å². The zero-order valence-corrected chi connectivity index (χ0v) is 17.0. The van der Waals surface area contributed by atoms with Crippen LogP contribution in [-0.4, -0.2) is 25.5 Å². The zero-order valence-electron chi connectivity index (χ0n) is 14.0. The minimum atomic E-state index is -0.313. The van der Waals surface area contributed by atoms with Crippen LogP contribution in [0.4, 0.5) is 11.4 Å². The fourth-order valence-corrected chi connectivity index (χ4v) is 2.23. The lowest BCUT2D eigenvalue weighted by atomic mass is 10.2. The molecule has 0 aliphatic carbocycles. The quantitative estimate of drug-likeness (QED) is 0.263. The second-order valence-corrected chi connectivity index (χ2v) is 5.36. The molecule has 0 saturated carbocycles. The van der Waals surface area contributed by atoms with Crippen LogP contribution in [0.15, 0.2) is 47.5 Å². The Hall–Kier alpha value is -2.44. The Kier molecular flexibility index (Phi) is 8.75. The molecule has 0 bridgehead atoms. The lowest BCUT2D eigenvalue weighted by Gasteiger charge is -2.08. The highest BCUT2D eigenvalue weighted by atomic mass is 127. The summed E-state index contributed by atoms with van der Waals surface area (Å²) in [4.78, 5) is 15.9. The van der Waals surface area contributed by atoms with Gasteiger partial charge in [-0.25, -0.2) is 4.99 Å². The number of nitrogens with one attached hydrogen (secondary N) is 2. The van der Waals surface area contributed by atoms with E-state index >= 15 is 0 Å². The SMILES string of the molecule is C#Cc1cccc(NC(=O)CN=C(N)Nc2ccc(OC)c(Cl)c2)c1.I. The van der Waals surface area contributed by atoms with Crippen LogP contribution in [0.1, 0.15) is 5.56 Å². The van der Waals surface area contributed by atoms with Crippen LogP contribution in [0, 0.1) is 12.3 Å². The Morgan fingerprint density at radius 2 is 2.00 bits per heavy atom. The number of nitrogens with two attached hydrogens (primary N) is 1. The molecule has 0 radical (unpaired) electrons. The van der Waals surface area contributed by atoms with Gasteiger partial charge in [-0.1, -0.05) is 23.6 Å². The average molecular weight is 485 g/mol. The molecule has 0 saturated heterocycles. The lowest BCUT2D eigenvalue weighted by molar-refractivity contribution is -0.114. The van der Waals surface area contributed by atoms with Crippen LogP contribution >= 0.6 is 35.6 Å². The number of carbonyl (C=O) groups is 1. The van der Waals surface area contributed by atoms with Crippen molar-refractivity contribution in [1.82, 2.24) is 0 Å². The molecular weight excluding hydrogens is 467 g/mol. The Bertz CT molecular complexity index is 849. The summed E-state index contributed by atoms with van der Waals surface area (Å²) < 4.78 is 5.07. The number of methoxy groups -OCH3 is 1. The summed E-state index contributed by atoms with van der Waals surface area (Å²) in [6.07, 6.45) is 5.32. The van der Waals surface area contributed by atoms with E-state index in [4.69, 9.17) is 28.5 Å². The van der Waals surface area contributed by atoms with Crippen molar-refractivity contribution in [3.05, 3.63) is 53.1 Å². The number of amides is 1. The highest BCUT2D eigenvalue weighted by molar-refractivity contribution is 14.0. The van der Waals surface area contributed by atoms with Gasteiger partial charge in [0.2, 0.25) is 5.91 Å². The Morgan fingerprint density at radius 3 is 2.65 bits per heavy atom. The first-order valence-electron chi connectivity index (χ1n) is 7.29. The molecule has 2 aromatic rings. The maximum absolute atomic E-state index is 11.9. The molecule has 2 aromatic carbocycles. The van der Waals surface area contributed by atoms with Crippen molar-refractivity contribution in [3.8, 4) is 18.1 Å². The minimum absolute atomic E-state index is 0.